The van der Waals surface area contributed by atoms with Crippen LogP contribution in [-0.2, 0) is 0 Å². The molecule has 7 rings (SSSR count). The van der Waals surface area contributed by atoms with Crippen molar-refractivity contribution < 1.29 is 0 Å². The Kier molecular flexibility index (Phi) is 4.54. The minimum Gasteiger partial charge on any atom is -0.246 e. The summed E-state index contributed by atoms with van der Waals surface area (Å²) < 4.78 is 0. The predicted molar refractivity (Wildman–Crippen MR) is 148 cm³/mol. The highest BCUT2D eigenvalue weighted by atomic mass is 35.5. The van der Waals surface area contributed by atoms with E-state index in [1.165, 1.54) is 10.8 Å². The van der Waals surface area contributed by atoms with Crippen LogP contribution in [0.2, 0.25) is 5.02 Å². The molecule has 2 aromatic heterocycles. The first-order valence-electron chi connectivity index (χ1n) is 11.6. The molecule has 0 aliphatic rings. The van der Waals surface area contributed by atoms with E-state index in [2.05, 4.69) is 84.9 Å². The summed E-state index contributed by atoms with van der Waals surface area (Å²) in [5.74, 6) is 0. The molecule has 0 amide bonds. The molecule has 0 saturated carbocycles. The highest BCUT2D eigenvalue weighted by Crippen LogP contribution is 2.35. The van der Waals surface area contributed by atoms with Crippen molar-refractivity contribution in [2.45, 2.75) is 0 Å². The Morgan fingerprint density at radius 1 is 0.457 bits per heavy atom. The highest BCUT2D eigenvalue weighted by molar-refractivity contribution is 6.31. The van der Waals surface area contributed by atoms with Crippen molar-refractivity contribution in [1.29, 1.82) is 0 Å². The minimum atomic E-state index is 0.732. The molecular weight excluding hydrogens is 448 g/mol. The van der Waals surface area contributed by atoms with Gasteiger partial charge >= 0.3 is 0 Å². The van der Waals surface area contributed by atoms with Crippen molar-refractivity contribution in [2.24, 2.45) is 0 Å². The van der Waals surface area contributed by atoms with Crippen molar-refractivity contribution in [3.8, 4) is 22.6 Å². The van der Waals surface area contributed by atoms with Crippen LogP contribution in [0.25, 0.3) is 65.9 Å². The number of hydrogen-bond donors (Lipinski definition) is 0. The minimum absolute atomic E-state index is 0.732. The standard InChI is InChI=1S/C32H19ClN2/c33-24-16-14-20-12-13-22(18-23(20)19-24)29-10-5-11-30(34-29)32-27-9-4-3-8-26(27)28-17-15-21-6-1-2-7-25(21)31(28)35-32/h1-19H. The van der Waals surface area contributed by atoms with Gasteiger partial charge in [-0.2, -0.15) is 0 Å². The van der Waals surface area contributed by atoms with Gasteiger partial charge in [-0.05, 0) is 51.9 Å². The number of rotatable bonds is 2. The molecule has 0 saturated heterocycles. The third-order valence-corrected chi connectivity index (χ3v) is 6.92. The lowest BCUT2D eigenvalue weighted by molar-refractivity contribution is 1.29. The molecule has 0 aliphatic heterocycles. The molecule has 7 aromatic rings. The van der Waals surface area contributed by atoms with Gasteiger partial charge in [-0.25, -0.2) is 9.97 Å². The van der Waals surface area contributed by atoms with Gasteiger partial charge in [-0.3, -0.25) is 0 Å². The second-order valence-corrected chi connectivity index (χ2v) is 9.24. The van der Waals surface area contributed by atoms with Crippen LogP contribution in [0.4, 0.5) is 0 Å². The van der Waals surface area contributed by atoms with Gasteiger partial charge in [0.15, 0.2) is 0 Å². The van der Waals surface area contributed by atoms with Gasteiger partial charge in [0.1, 0.15) is 0 Å². The number of hydrogen-bond acceptors (Lipinski definition) is 2. The molecule has 164 valence electrons. The van der Waals surface area contributed by atoms with Crippen LogP contribution in [0.15, 0.2) is 115 Å². The molecule has 3 heteroatoms. The summed E-state index contributed by atoms with van der Waals surface area (Å²) >= 11 is 6.24. The first-order chi connectivity index (χ1) is 17.2. The molecule has 0 N–H and O–H groups in total. The fourth-order valence-corrected chi connectivity index (χ4v) is 5.17. The zero-order valence-electron chi connectivity index (χ0n) is 18.7. The van der Waals surface area contributed by atoms with Crippen molar-refractivity contribution >= 4 is 54.8 Å². The third kappa shape index (κ3) is 3.34. The van der Waals surface area contributed by atoms with Crippen LogP contribution in [0.3, 0.4) is 0 Å². The lowest BCUT2D eigenvalue weighted by Gasteiger charge is -2.12. The number of fused-ring (bicyclic) bond motifs is 6. The molecule has 5 aromatic carbocycles. The number of nitrogens with zero attached hydrogens (tertiary/aromatic N) is 2. The van der Waals surface area contributed by atoms with Gasteiger partial charge in [0, 0.05) is 26.7 Å². The van der Waals surface area contributed by atoms with E-state index in [0.29, 0.717) is 0 Å². The molecule has 0 spiro atoms. The summed E-state index contributed by atoms with van der Waals surface area (Å²) in [6.45, 7) is 0. The van der Waals surface area contributed by atoms with Crippen LogP contribution in [0.5, 0.6) is 0 Å². The first-order valence-corrected chi connectivity index (χ1v) is 12.0. The van der Waals surface area contributed by atoms with Gasteiger partial charge in [0.05, 0.1) is 22.6 Å². The Morgan fingerprint density at radius 3 is 2.11 bits per heavy atom. The van der Waals surface area contributed by atoms with Crippen LogP contribution in [-0.4, -0.2) is 9.97 Å². The normalized spacial score (nSPS) is 11.6. The van der Waals surface area contributed by atoms with Crippen LogP contribution in [0, 0.1) is 0 Å². The van der Waals surface area contributed by atoms with E-state index < -0.39 is 0 Å². The van der Waals surface area contributed by atoms with E-state index in [4.69, 9.17) is 21.6 Å². The number of benzene rings is 5. The highest BCUT2D eigenvalue weighted by Gasteiger charge is 2.14. The fourth-order valence-electron chi connectivity index (χ4n) is 4.99. The SMILES string of the molecule is Clc1ccc2ccc(-c3cccc(-c4nc5c6ccccc6ccc5c5ccccc45)n3)cc2c1. The summed E-state index contributed by atoms with van der Waals surface area (Å²) in [5, 5.41) is 8.77. The summed E-state index contributed by atoms with van der Waals surface area (Å²) in [5.41, 5.74) is 4.73. The third-order valence-electron chi connectivity index (χ3n) is 6.69. The second-order valence-electron chi connectivity index (χ2n) is 8.80. The molecule has 0 aliphatic carbocycles. The van der Waals surface area contributed by atoms with Crippen molar-refractivity contribution in [3.63, 3.8) is 0 Å². The maximum absolute atomic E-state index is 6.24. The Bertz CT molecular complexity index is 1920. The maximum atomic E-state index is 6.24. The number of pyridine rings is 2. The zero-order chi connectivity index (χ0) is 23.4. The first kappa shape index (κ1) is 20.1. The molecule has 0 fully saturated rings. The van der Waals surface area contributed by atoms with E-state index >= 15 is 0 Å². The predicted octanol–water partition coefficient (Wildman–Crippen LogP) is 9.08. The lowest BCUT2D eigenvalue weighted by atomic mass is 9.98. The molecule has 0 radical (unpaired) electrons. The summed E-state index contributed by atoms with van der Waals surface area (Å²) in [7, 11) is 0. The van der Waals surface area contributed by atoms with Gasteiger partial charge in [0.25, 0.3) is 0 Å². The molecule has 2 nitrogen and oxygen atoms in total. The van der Waals surface area contributed by atoms with E-state index in [9.17, 15) is 0 Å². The Labute approximate surface area is 207 Å². The number of aromatic nitrogens is 2. The van der Waals surface area contributed by atoms with E-state index in [1.54, 1.807) is 0 Å². The average molecular weight is 467 g/mol. The van der Waals surface area contributed by atoms with Crippen LogP contribution in [0.1, 0.15) is 0 Å². The van der Waals surface area contributed by atoms with Gasteiger partial charge in [-0.1, -0.05) is 96.5 Å². The second kappa shape index (κ2) is 7.90. The zero-order valence-corrected chi connectivity index (χ0v) is 19.5. The quantitative estimate of drug-likeness (QED) is 0.237. The van der Waals surface area contributed by atoms with Crippen LogP contribution < -0.4 is 0 Å². The Hall–Kier alpha value is -4.27. The molecule has 35 heavy (non-hydrogen) atoms. The topological polar surface area (TPSA) is 25.8 Å². The summed E-state index contributed by atoms with van der Waals surface area (Å²) in [6, 6.07) is 39.7. The van der Waals surface area contributed by atoms with Crippen molar-refractivity contribution in [3.05, 3.63) is 120 Å². The summed E-state index contributed by atoms with van der Waals surface area (Å²) in [6.07, 6.45) is 0. The van der Waals surface area contributed by atoms with Gasteiger partial charge in [-0.15, -0.1) is 0 Å². The maximum Gasteiger partial charge on any atom is 0.0972 e. The van der Waals surface area contributed by atoms with Crippen LogP contribution >= 0.6 is 11.6 Å². The monoisotopic (exact) mass is 466 g/mol. The van der Waals surface area contributed by atoms with E-state index in [1.807, 2.05) is 30.3 Å². The molecule has 0 bridgehead atoms. The smallest absolute Gasteiger partial charge is 0.0972 e. The van der Waals surface area contributed by atoms with E-state index in [0.717, 1.165) is 60.1 Å². The Morgan fingerprint density at radius 2 is 1.20 bits per heavy atom. The summed E-state index contributed by atoms with van der Waals surface area (Å²) in [4.78, 5) is 10.3. The molecule has 2 heterocycles. The van der Waals surface area contributed by atoms with Crippen molar-refractivity contribution in [2.75, 3.05) is 0 Å². The fraction of sp³-hybridized carbons (Fsp3) is 0. The molecular formula is C32H19ClN2. The average Bonchev–Trinajstić information content (AvgIpc) is 2.92. The van der Waals surface area contributed by atoms with Crippen molar-refractivity contribution in [1.82, 2.24) is 9.97 Å². The number of halogens is 1. The Balaban J connectivity index is 1.48. The van der Waals surface area contributed by atoms with E-state index in [-0.39, 0.29) is 0 Å². The lowest BCUT2D eigenvalue weighted by Crippen LogP contribution is -1.94. The van der Waals surface area contributed by atoms with Gasteiger partial charge < -0.3 is 0 Å². The largest absolute Gasteiger partial charge is 0.246 e. The molecule has 0 unspecified atom stereocenters. The van der Waals surface area contributed by atoms with Gasteiger partial charge in [0.2, 0.25) is 0 Å². The molecule has 0 atom stereocenters.